The fourth-order valence-electron chi connectivity index (χ4n) is 2.63. The van der Waals surface area contributed by atoms with E-state index in [0.717, 1.165) is 22.3 Å². The third kappa shape index (κ3) is 4.36. The fourth-order valence-corrected chi connectivity index (χ4v) is 2.63. The molecule has 0 spiro atoms. The molecule has 2 N–H and O–H groups in total. The van der Waals surface area contributed by atoms with Crippen molar-refractivity contribution in [1.29, 1.82) is 0 Å². The molecule has 1 amide bonds. The maximum absolute atomic E-state index is 14.1. The highest BCUT2D eigenvalue weighted by Crippen LogP contribution is 2.29. The van der Waals surface area contributed by atoms with Crippen LogP contribution in [0.3, 0.4) is 0 Å². The number of nitrogens with one attached hydrogen (secondary N) is 1. The van der Waals surface area contributed by atoms with Crippen molar-refractivity contribution >= 4 is 18.0 Å². The zero-order valence-electron chi connectivity index (χ0n) is 15.3. The van der Waals surface area contributed by atoms with Crippen LogP contribution < -0.4 is 5.32 Å². The first kappa shape index (κ1) is 19.4. The lowest BCUT2D eigenvalue weighted by molar-refractivity contribution is -0.140. The number of aryl methyl sites for hydroxylation is 2. The molecule has 0 fully saturated rings. The van der Waals surface area contributed by atoms with Crippen LogP contribution in [-0.4, -0.2) is 23.0 Å². The van der Waals surface area contributed by atoms with Gasteiger partial charge in [0.05, 0.1) is 0 Å². The van der Waals surface area contributed by atoms with Crippen molar-refractivity contribution in [2.75, 3.05) is 0 Å². The third-order valence-corrected chi connectivity index (χ3v) is 4.23. The molecule has 4 nitrogen and oxygen atoms in total. The van der Waals surface area contributed by atoms with Gasteiger partial charge in [-0.2, -0.15) is 0 Å². The number of halogens is 1. The predicted molar refractivity (Wildman–Crippen MR) is 100 cm³/mol. The first-order valence-electron chi connectivity index (χ1n) is 8.28. The van der Waals surface area contributed by atoms with E-state index in [1.54, 1.807) is 31.2 Å². The summed E-state index contributed by atoms with van der Waals surface area (Å²) in [6.45, 7) is 6.82. The summed E-state index contributed by atoms with van der Waals surface area (Å²) in [6.07, 6.45) is 1.71. The van der Waals surface area contributed by atoms with Crippen LogP contribution in [0.15, 0.2) is 42.0 Å². The smallest absolute Gasteiger partial charge is 0.325 e. The lowest BCUT2D eigenvalue weighted by atomic mass is 9.94. The number of hydrogen-bond acceptors (Lipinski definition) is 2. The standard InChI is InChI=1S/C21H22FNO3/c1-12-11-18(17-7-5-6-8-19(17)22)13(2)9-16(12)10-14(3)20(24)23-15(4)21(25)26/h5-11,15H,1-4H3,(H,23,24)(H,25,26)/t15-/m1/s1. The summed E-state index contributed by atoms with van der Waals surface area (Å²) >= 11 is 0. The zero-order valence-corrected chi connectivity index (χ0v) is 15.3. The minimum Gasteiger partial charge on any atom is -0.480 e. The highest BCUT2D eigenvalue weighted by molar-refractivity contribution is 5.99. The van der Waals surface area contributed by atoms with Crippen molar-refractivity contribution in [3.63, 3.8) is 0 Å². The number of carbonyl (C=O) groups is 2. The maximum atomic E-state index is 14.1. The lowest BCUT2D eigenvalue weighted by Gasteiger charge is -2.13. The van der Waals surface area contributed by atoms with Crippen LogP contribution in [0, 0.1) is 19.7 Å². The summed E-state index contributed by atoms with van der Waals surface area (Å²) in [5.41, 5.74) is 4.36. The number of amides is 1. The number of rotatable bonds is 5. The predicted octanol–water partition coefficient (Wildman–Crippen LogP) is 4.10. The van der Waals surface area contributed by atoms with Gasteiger partial charge in [-0.3, -0.25) is 9.59 Å². The Bertz CT molecular complexity index is 887. The largest absolute Gasteiger partial charge is 0.480 e. The number of hydrogen-bond donors (Lipinski definition) is 2. The second kappa shape index (κ2) is 7.95. The van der Waals surface area contributed by atoms with Gasteiger partial charge in [0, 0.05) is 11.1 Å². The molecule has 0 bridgehead atoms. The van der Waals surface area contributed by atoms with Gasteiger partial charge in [-0.1, -0.05) is 30.3 Å². The fraction of sp³-hybridized carbons (Fsp3) is 0.238. The monoisotopic (exact) mass is 355 g/mol. The Morgan fingerprint density at radius 3 is 2.38 bits per heavy atom. The van der Waals surface area contributed by atoms with Crippen LogP contribution >= 0.6 is 0 Å². The minimum atomic E-state index is -1.09. The molecule has 2 aromatic rings. The van der Waals surface area contributed by atoms with E-state index in [2.05, 4.69) is 5.32 Å². The Kier molecular flexibility index (Phi) is 5.93. The molecule has 0 saturated carbocycles. The Morgan fingerprint density at radius 2 is 1.77 bits per heavy atom. The summed E-state index contributed by atoms with van der Waals surface area (Å²) < 4.78 is 14.1. The molecule has 136 valence electrons. The second-order valence-electron chi connectivity index (χ2n) is 6.36. The van der Waals surface area contributed by atoms with Gasteiger partial charge in [0.15, 0.2) is 0 Å². The van der Waals surface area contributed by atoms with Crippen molar-refractivity contribution in [3.05, 3.63) is 64.5 Å². The van der Waals surface area contributed by atoms with E-state index in [9.17, 15) is 14.0 Å². The first-order valence-corrected chi connectivity index (χ1v) is 8.28. The van der Waals surface area contributed by atoms with Crippen molar-refractivity contribution in [1.82, 2.24) is 5.32 Å². The number of aliphatic carboxylic acids is 1. The van der Waals surface area contributed by atoms with Crippen LogP contribution in [0.4, 0.5) is 4.39 Å². The Labute approximate surface area is 152 Å². The highest BCUT2D eigenvalue weighted by atomic mass is 19.1. The Morgan fingerprint density at radius 1 is 1.12 bits per heavy atom. The third-order valence-electron chi connectivity index (χ3n) is 4.23. The van der Waals surface area contributed by atoms with Crippen molar-refractivity contribution < 1.29 is 19.1 Å². The highest BCUT2D eigenvalue weighted by Gasteiger charge is 2.15. The SMILES string of the molecule is CC(=Cc1cc(C)c(-c2ccccc2F)cc1C)C(=O)N[C@H](C)C(=O)O. The van der Waals surface area contributed by atoms with Crippen LogP contribution in [0.5, 0.6) is 0 Å². The van der Waals surface area contributed by atoms with E-state index in [1.807, 2.05) is 26.0 Å². The van der Waals surface area contributed by atoms with E-state index in [-0.39, 0.29) is 5.82 Å². The number of carboxylic acid groups (broad SMARTS) is 1. The van der Waals surface area contributed by atoms with Gasteiger partial charge in [-0.25, -0.2) is 4.39 Å². The lowest BCUT2D eigenvalue weighted by Crippen LogP contribution is -2.38. The molecule has 0 heterocycles. The van der Waals surface area contributed by atoms with E-state index < -0.39 is 17.9 Å². The molecule has 2 rings (SSSR count). The molecule has 0 aromatic heterocycles. The molecular weight excluding hydrogens is 333 g/mol. The molecule has 0 aliphatic heterocycles. The number of benzene rings is 2. The van der Waals surface area contributed by atoms with Crippen LogP contribution in [0.2, 0.25) is 0 Å². The molecular formula is C21H22FNO3. The van der Waals surface area contributed by atoms with E-state index >= 15 is 0 Å². The molecule has 26 heavy (non-hydrogen) atoms. The normalized spacial score (nSPS) is 12.6. The molecule has 5 heteroatoms. The summed E-state index contributed by atoms with van der Waals surface area (Å²) in [6, 6.07) is 9.43. The average Bonchev–Trinajstić information content (AvgIpc) is 2.58. The van der Waals surface area contributed by atoms with Gasteiger partial charge in [0.2, 0.25) is 5.91 Å². The van der Waals surface area contributed by atoms with Crippen LogP contribution in [0.25, 0.3) is 17.2 Å². The summed E-state index contributed by atoms with van der Waals surface area (Å²) in [4.78, 5) is 22.9. The minimum absolute atomic E-state index is 0.281. The molecule has 0 saturated heterocycles. The van der Waals surface area contributed by atoms with Gasteiger partial charge in [-0.05, 0) is 62.1 Å². The number of carbonyl (C=O) groups excluding carboxylic acids is 1. The van der Waals surface area contributed by atoms with Crippen molar-refractivity contribution in [2.45, 2.75) is 33.7 Å². The topological polar surface area (TPSA) is 66.4 Å². The number of carboxylic acids is 1. The van der Waals surface area contributed by atoms with Crippen LogP contribution in [-0.2, 0) is 9.59 Å². The first-order chi connectivity index (χ1) is 12.2. The quantitative estimate of drug-likeness (QED) is 0.794. The maximum Gasteiger partial charge on any atom is 0.325 e. The second-order valence-corrected chi connectivity index (χ2v) is 6.36. The molecule has 0 aliphatic rings. The molecule has 0 radical (unpaired) electrons. The van der Waals surface area contributed by atoms with Gasteiger partial charge < -0.3 is 10.4 Å². The van der Waals surface area contributed by atoms with E-state index in [1.165, 1.54) is 13.0 Å². The molecule has 0 unspecified atom stereocenters. The van der Waals surface area contributed by atoms with E-state index in [4.69, 9.17) is 5.11 Å². The zero-order chi connectivity index (χ0) is 19.4. The van der Waals surface area contributed by atoms with Gasteiger partial charge >= 0.3 is 5.97 Å². The molecule has 0 aliphatic carbocycles. The Balaban J connectivity index is 2.34. The summed E-state index contributed by atoms with van der Waals surface area (Å²) in [5, 5.41) is 11.3. The molecule has 2 aromatic carbocycles. The Hall–Kier alpha value is -2.95. The average molecular weight is 355 g/mol. The van der Waals surface area contributed by atoms with Crippen molar-refractivity contribution in [3.8, 4) is 11.1 Å². The van der Waals surface area contributed by atoms with Gasteiger partial charge in [0.1, 0.15) is 11.9 Å². The van der Waals surface area contributed by atoms with E-state index in [0.29, 0.717) is 11.1 Å². The van der Waals surface area contributed by atoms with Crippen LogP contribution in [0.1, 0.15) is 30.5 Å². The van der Waals surface area contributed by atoms with Crippen molar-refractivity contribution in [2.24, 2.45) is 0 Å². The van der Waals surface area contributed by atoms with Gasteiger partial charge in [-0.15, -0.1) is 0 Å². The summed E-state index contributed by atoms with van der Waals surface area (Å²) in [5.74, 6) is -1.81. The summed E-state index contributed by atoms with van der Waals surface area (Å²) in [7, 11) is 0. The molecule has 1 atom stereocenters. The van der Waals surface area contributed by atoms with Gasteiger partial charge in [0.25, 0.3) is 0 Å².